The van der Waals surface area contributed by atoms with E-state index in [1.54, 1.807) is 19.8 Å². The van der Waals surface area contributed by atoms with E-state index in [-0.39, 0.29) is 0 Å². The van der Waals surface area contributed by atoms with E-state index in [0.29, 0.717) is 12.2 Å². The molecule has 1 aromatic carbocycles. The molecule has 0 atom stereocenters. The number of benzene rings is 1. The number of H-pyrrole nitrogens is 1. The summed E-state index contributed by atoms with van der Waals surface area (Å²) < 4.78 is 5.18. The van der Waals surface area contributed by atoms with Crippen molar-refractivity contribution in [3.8, 4) is 5.75 Å². The van der Waals surface area contributed by atoms with Gasteiger partial charge in [-0.25, -0.2) is 15.0 Å². The largest absolute Gasteiger partial charge is 0.497 e. The second-order valence-corrected chi connectivity index (χ2v) is 6.67. The first-order valence-electron chi connectivity index (χ1n) is 8.79. The Morgan fingerprint density at radius 3 is 2.67 bits per heavy atom. The second-order valence-electron chi connectivity index (χ2n) is 6.28. The summed E-state index contributed by atoms with van der Waals surface area (Å²) in [4.78, 5) is 20.4. The average Bonchev–Trinajstić information content (AvgIpc) is 3.21. The van der Waals surface area contributed by atoms with Crippen molar-refractivity contribution in [3.05, 3.63) is 42.5 Å². The first-order chi connectivity index (χ1) is 13.2. The van der Waals surface area contributed by atoms with Gasteiger partial charge in [-0.2, -0.15) is 0 Å². The number of nitrogens with zero attached hydrogens (tertiary/aromatic N) is 5. The Balaban J connectivity index is 1.32. The van der Waals surface area contributed by atoms with Gasteiger partial charge in [0.25, 0.3) is 0 Å². The number of imidazole rings is 1. The number of anilines is 1. The zero-order chi connectivity index (χ0) is 18.6. The van der Waals surface area contributed by atoms with Crippen LogP contribution in [0.15, 0.2) is 36.9 Å². The standard InChI is InChI=1S/C18H21N7OS/c1-26-14-4-2-13(3-5-14)10-19-18(27)25-8-6-24(7-9-25)17-15-16(21-11-20-15)22-12-23-17/h2-5,11-12H,6-10H2,1H3,(H,19,27)(H,20,21,22,23). The number of rotatable bonds is 4. The fraction of sp³-hybridized carbons (Fsp3) is 0.333. The molecule has 0 bridgehead atoms. The quantitative estimate of drug-likeness (QED) is 0.657. The molecule has 1 aliphatic rings. The first-order valence-corrected chi connectivity index (χ1v) is 9.20. The fourth-order valence-corrected chi connectivity index (χ4v) is 3.40. The summed E-state index contributed by atoms with van der Waals surface area (Å²) in [7, 11) is 1.67. The van der Waals surface area contributed by atoms with Gasteiger partial charge in [0.1, 0.15) is 17.6 Å². The molecule has 0 spiro atoms. The van der Waals surface area contributed by atoms with Crippen molar-refractivity contribution in [1.29, 1.82) is 0 Å². The fourth-order valence-electron chi connectivity index (χ4n) is 3.15. The summed E-state index contributed by atoms with van der Waals surface area (Å²) in [5.41, 5.74) is 2.74. The summed E-state index contributed by atoms with van der Waals surface area (Å²) in [6, 6.07) is 7.99. The highest BCUT2D eigenvalue weighted by molar-refractivity contribution is 7.80. The smallest absolute Gasteiger partial charge is 0.182 e. The van der Waals surface area contributed by atoms with Crippen LogP contribution >= 0.6 is 12.2 Å². The summed E-state index contributed by atoms with van der Waals surface area (Å²) in [5.74, 6) is 1.75. The van der Waals surface area contributed by atoms with Gasteiger partial charge in [0, 0.05) is 32.7 Å². The van der Waals surface area contributed by atoms with Gasteiger partial charge in [-0.05, 0) is 29.9 Å². The van der Waals surface area contributed by atoms with E-state index >= 15 is 0 Å². The van der Waals surface area contributed by atoms with Crippen LogP contribution in [-0.4, -0.2) is 63.2 Å². The van der Waals surface area contributed by atoms with Crippen LogP contribution in [0.3, 0.4) is 0 Å². The van der Waals surface area contributed by atoms with Gasteiger partial charge in [0.05, 0.1) is 13.4 Å². The van der Waals surface area contributed by atoms with E-state index < -0.39 is 0 Å². The van der Waals surface area contributed by atoms with E-state index in [1.165, 1.54) is 5.56 Å². The maximum Gasteiger partial charge on any atom is 0.182 e. The molecule has 2 aromatic heterocycles. The zero-order valence-corrected chi connectivity index (χ0v) is 15.9. The molecule has 27 heavy (non-hydrogen) atoms. The molecule has 3 aromatic rings. The normalized spacial score (nSPS) is 14.4. The topological polar surface area (TPSA) is 82.2 Å². The Morgan fingerprint density at radius 1 is 1.15 bits per heavy atom. The maximum atomic E-state index is 5.57. The molecule has 140 valence electrons. The number of nitrogens with one attached hydrogen (secondary N) is 2. The maximum absolute atomic E-state index is 5.57. The molecule has 0 radical (unpaired) electrons. The third-order valence-corrected chi connectivity index (χ3v) is 5.07. The molecule has 0 amide bonds. The van der Waals surface area contributed by atoms with Crippen molar-refractivity contribution >= 4 is 34.3 Å². The third kappa shape index (κ3) is 3.77. The van der Waals surface area contributed by atoms with Gasteiger partial charge < -0.3 is 24.8 Å². The van der Waals surface area contributed by atoms with E-state index in [9.17, 15) is 0 Å². The number of aromatic amines is 1. The van der Waals surface area contributed by atoms with Crippen LogP contribution in [0.25, 0.3) is 11.2 Å². The van der Waals surface area contributed by atoms with Crippen LogP contribution in [0.5, 0.6) is 5.75 Å². The molecule has 1 aliphatic heterocycles. The van der Waals surface area contributed by atoms with Gasteiger partial charge in [0.15, 0.2) is 16.6 Å². The van der Waals surface area contributed by atoms with Gasteiger partial charge in [0.2, 0.25) is 0 Å². The van der Waals surface area contributed by atoms with Gasteiger partial charge in [-0.15, -0.1) is 0 Å². The average molecular weight is 383 g/mol. The summed E-state index contributed by atoms with van der Waals surface area (Å²) in [5, 5.41) is 4.12. The number of piperazine rings is 1. The summed E-state index contributed by atoms with van der Waals surface area (Å²) >= 11 is 5.57. The molecular weight excluding hydrogens is 362 g/mol. The minimum Gasteiger partial charge on any atom is -0.497 e. The Morgan fingerprint density at radius 2 is 1.93 bits per heavy atom. The molecule has 3 heterocycles. The predicted octanol–water partition coefficient (Wildman–Crippen LogP) is 1.56. The van der Waals surface area contributed by atoms with Crippen LogP contribution in [0.1, 0.15) is 5.56 Å². The lowest BCUT2D eigenvalue weighted by molar-refractivity contribution is 0.379. The monoisotopic (exact) mass is 383 g/mol. The number of fused-ring (bicyclic) bond motifs is 1. The molecule has 1 fully saturated rings. The van der Waals surface area contributed by atoms with Gasteiger partial charge in [-0.3, -0.25) is 0 Å². The Labute approximate surface area is 162 Å². The van der Waals surface area contributed by atoms with Crippen molar-refractivity contribution in [3.63, 3.8) is 0 Å². The van der Waals surface area contributed by atoms with E-state index in [2.05, 4.69) is 35.1 Å². The molecule has 0 aliphatic carbocycles. The molecule has 0 saturated carbocycles. The van der Waals surface area contributed by atoms with Gasteiger partial charge >= 0.3 is 0 Å². The van der Waals surface area contributed by atoms with Crippen LogP contribution in [0, 0.1) is 0 Å². The number of hydrogen-bond acceptors (Lipinski definition) is 6. The van der Waals surface area contributed by atoms with E-state index in [4.69, 9.17) is 17.0 Å². The molecule has 8 nitrogen and oxygen atoms in total. The molecule has 0 unspecified atom stereocenters. The molecule has 1 saturated heterocycles. The number of thiocarbonyl (C=S) groups is 1. The highest BCUT2D eigenvalue weighted by Gasteiger charge is 2.22. The van der Waals surface area contributed by atoms with Crippen molar-refractivity contribution in [1.82, 2.24) is 30.2 Å². The Kier molecular flexibility index (Phi) is 5.01. The summed E-state index contributed by atoms with van der Waals surface area (Å²) in [6.07, 6.45) is 3.21. The lowest BCUT2D eigenvalue weighted by Gasteiger charge is -2.36. The van der Waals surface area contributed by atoms with Crippen LogP contribution in [0.4, 0.5) is 5.82 Å². The Bertz CT molecular complexity index is 919. The second kappa shape index (κ2) is 7.75. The zero-order valence-electron chi connectivity index (χ0n) is 15.1. The SMILES string of the molecule is COc1ccc(CNC(=S)N2CCN(c3ncnc4nc[nH]c34)CC2)cc1. The summed E-state index contributed by atoms with van der Waals surface area (Å²) in [6.45, 7) is 4.07. The van der Waals surface area contributed by atoms with Crippen molar-refractivity contribution in [2.45, 2.75) is 6.54 Å². The first kappa shape index (κ1) is 17.5. The van der Waals surface area contributed by atoms with Crippen LogP contribution in [0.2, 0.25) is 0 Å². The highest BCUT2D eigenvalue weighted by Crippen LogP contribution is 2.21. The minimum atomic E-state index is 0.694. The molecule has 2 N–H and O–H groups in total. The lowest BCUT2D eigenvalue weighted by Crippen LogP contribution is -2.51. The van der Waals surface area contributed by atoms with Gasteiger partial charge in [-0.1, -0.05) is 12.1 Å². The van der Waals surface area contributed by atoms with E-state index in [1.807, 2.05) is 24.3 Å². The molecule has 9 heteroatoms. The van der Waals surface area contributed by atoms with E-state index in [0.717, 1.165) is 48.4 Å². The third-order valence-electron chi connectivity index (χ3n) is 4.67. The highest BCUT2D eigenvalue weighted by atomic mass is 32.1. The predicted molar refractivity (Wildman–Crippen MR) is 108 cm³/mol. The number of ether oxygens (including phenoxy) is 1. The number of methoxy groups -OCH3 is 1. The van der Waals surface area contributed by atoms with Crippen LogP contribution < -0.4 is 15.0 Å². The molecular formula is C18H21N7OS. The lowest BCUT2D eigenvalue weighted by atomic mass is 10.2. The van der Waals surface area contributed by atoms with Crippen molar-refractivity contribution in [2.24, 2.45) is 0 Å². The minimum absolute atomic E-state index is 0.694. The number of hydrogen-bond donors (Lipinski definition) is 2. The van der Waals surface area contributed by atoms with Crippen molar-refractivity contribution in [2.75, 3.05) is 38.2 Å². The Hall–Kier alpha value is -2.94. The number of aromatic nitrogens is 4. The molecule has 4 rings (SSSR count). The van der Waals surface area contributed by atoms with Crippen molar-refractivity contribution < 1.29 is 4.74 Å². The van der Waals surface area contributed by atoms with Crippen LogP contribution in [-0.2, 0) is 6.54 Å².